The lowest BCUT2D eigenvalue weighted by Crippen LogP contribution is -2.08. The van der Waals surface area contributed by atoms with Gasteiger partial charge in [0, 0.05) is 12.0 Å². The minimum absolute atomic E-state index is 0.0409. The predicted octanol–water partition coefficient (Wildman–Crippen LogP) is 3.59. The van der Waals surface area contributed by atoms with Crippen molar-refractivity contribution in [1.82, 2.24) is 10.1 Å². The first kappa shape index (κ1) is 19.2. The van der Waals surface area contributed by atoms with Crippen LogP contribution in [-0.2, 0) is 16.1 Å². The van der Waals surface area contributed by atoms with E-state index in [2.05, 4.69) is 10.1 Å². The summed E-state index contributed by atoms with van der Waals surface area (Å²) in [5, 5.41) is 3.85. The van der Waals surface area contributed by atoms with Crippen LogP contribution in [0.1, 0.15) is 29.1 Å². The molecule has 0 spiro atoms. The van der Waals surface area contributed by atoms with Crippen LogP contribution in [0, 0.1) is 5.82 Å². The van der Waals surface area contributed by atoms with Crippen LogP contribution >= 0.6 is 0 Å². The molecule has 8 heteroatoms. The predicted molar refractivity (Wildman–Crippen MR) is 96.0 cm³/mol. The van der Waals surface area contributed by atoms with Crippen LogP contribution in [0.5, 0.6) is 5.75 Å². The van der Waals surface area contributed by atoms with Crippen molar-refractivity contribution in [2.45, 2.75) is 19.4 Å². The van der Waals surface area contributed by atoms with Crippen molar-refractivity contribution in [2.75, 3.05) is 7.11 Å². The Hall–Kier alpha value is -3.55. The maximum atomic E-state index is 12.9. The summed E-state index contributed by atoms with van der Waals surface area (Å²) < 4.78 is 28.3. The Bertz CT molecular complexity index is 969. The first-order valence-electron chi connectivity index (χ1n) is 8.47. The molecule has 7 nitrogen and oxygen atoms in total. The molecule has 1 heterocycles. The minimum atomic E-state index is -0.576. The van der Waals surface area contributed by atoms with Crippen LogP contribution in [0.25, 0.3) is 11.4 Å². The molecule has 0 aliphatic rings. The van der Waals surface area contributed by atoms with E-state index in [4.69, 9.17) is 14.0 Å². The van der Waals surface area contributed by atoms with Gasteiger partial charge in [0.15, 0.2) is 12.4 Å². The van der Waals surface area contributed by atoms with Gasteiger partial charge in [0.2, 0.25) is 5.82 Å². The zero-order valence-corrected chi connectivity index (χ0v) is 15.1. The number of carbonyl (C=O) groups is 2. The van der Waals surface area contributed by atoms with E-state index in [-0.39, 0.29) is 31.1 Å². The van der Waals surface area contributed by atoms with Gasteiger partial charge in [0.1, 0.15) is 11.6 Å². The fourth-order valence-electron chi connectivity index (χ4n) is 2.46. The van der Waals surface area contributed by atoms with Crippen molar-refractivity contribution in [1.29, 1.82) is 0 Å². The van der Waals surface area contributed by atoms with Crippen molar-refractivity contribution < 1.29 is 28.0 Å². The highest BCUT2D eigenvalue weighted by Crippen LogP contribution is 2.27. The number of hydrogen-bond donors (Lipinski definition) is 0. The second kappa shape index (κ2) is 8.90. The van der Waals surface area contributed by atoms with Gasteiger partial charge in [-0.05, 0) is 36.4 Å². The number of halogens is 1. The topological polar surface area (TPSA) is 91.5 Å². The van der Waals surface area contributed by atoms with Gasteiger partial charge >= 0.3 is 5.97 Å². The molecule has 3 rings (SSSR count). The molecule has 0 aliphatic heterocycles. The van der Waals surface area contributed by atoms with Crippen molar-refractivity contribution in [3.8, 4) is 17.1 Å². The van der Waals surface area contributed by atoms with Gasteiger partial charge in [-0.1, -0.05) is 17.3 Å². The normalized spacial score (nSPS) is 10.5. The number of aromatic nitrogens is 2. The number of ketones is 1. The third-order valence-electron chi connectivity index (χ3n) is 3.89. The molecule has 0 amide bonds. The SMILES string of the molecule is COc1ccccc1-c1noc(COC(=O)CCC(=O)c2ccc(F)cc2)n1. The Morgan fingerprint density at radius 1 is 1.07 bits per heavy atom. The van der Waals surface area contributed by atoms with E-state index in [1.165, 1.54) is 31.4 Å². The summed E-state index contributed by atoms with van der Waals surface area (Å²) in [6.45, 7) is -0.203. The Labute approximate surface area is 160 Å². The highest BCUT2D eigenvalue weighted by Gasteiger charge is 2.15. The molecule has 0 saturated carbocycles. The summed E-state index contributed by atoms with van der Waals surface area (Å²) >= 11 is 0. The lowest BCUT2D eigenvalue weighted by atomic mass is 10.1. The number of para-hydroxylation sites is 1. The summed E-state index contributed by atoms with van der Waals surface area (Å²) in [4.78, 5) is 28.0. The number of nitrogens with zero attached hydrogens (tertiary/aromatic N) is 2. The maximum Gasteiger partial charge on any atom is 0.306 e. The Kier molecular flexibility index (Phi) is 6.11. The van der Waals surface area contributed by atoms with Crippen LogP contribution in [0.3, 0.4) is 0 Å². The van der Waals surface area contributed by atoms with E-state index in [1.54, 1.807) is 12.1 Å². The molecule has 144 valence electrons. The average molecular weight is 384 g/mol. The molecule has 0 atom stereocenters. The number of rotatable bonds is 8. The van der Waals surface area contributed by atoms with E-state index >= 15 is 0 Å². The Balaban J connectivity index is 1.50. The van der Waals surface area contributed by atoms with Crippen LogP contribution in [0.15, 0.2) is 53.1 Å². The van der Waals surface area contributed by atoms with Gasteiger partial charge in [0.25, 0.3) is 5.89 Å². The molecule has 0 radical (unpaired) electrons. The molecule has 0 saturated heterocycles. The van der Waals surface area contributed by atoms with Crippen molar-refractivity contribution in [2.24, 2.45) is 0 Å². The average Bonchev–Trinajstić information content (AvgIpc) is 3.20. The van der Waals surface area contributed by atoms with Gasteiger partial charge in [-0.2, -0.15) is 4.98 Å². The second-order valence-electron chi connectivity index (χ2n) is 5.80. The summed E-state index contributed by atoms with van der Waals surface area (Å²) in [5.74, 6) is -0.246. The largest absolute Gasteiger partial charge is 0.496 e. The van der Waals surface area contributed by atoms with Gasteiger partial charge < -0.3 is 14.0 Å². The molecule has 0 aliphatic carbocycles. The van der Waals surface area contributed by atoms with E-state index < -0.39 is 11.8 Å². The fraction of sp³-hybridized carbons (Fsp3) is 0.200. The summed E-state index contributed by atoms with van der Waals surface area (Å²) in [6.07, 6.45) is -0.148. The molecule has 1 aromatic heterocycles. The van der Waals surface area contributed by atoms with Crippen molar-refractivity contribution >= 4 is 11.8 Å². The molecule has 28 heavy (non-hydrogen) atoms. The molecule has 2 aromatic carbocycles. The van der Waals surface area contributed by atoms with E-state index in [9.17, 15) is 14.0 Å². The standard InChI is InChI=1S/C20H17FN2O5/c1-26-17-5-3-2-4-15(17)20-22-18(28-23-20)12-27-19(25)11-10-16(24)13-6-8-14(21)9-7-13/h2-9H,10-12H2,1H3. The lowest BCUT2D eigenvalue weighted by Gasteiger charge is -2.03. The number of methoxy groups -OCH3 is 1. The number of hydrogen-bond acceptors (Lipinski definition) is 7. The van der Waals surface area contributed by atoms with Crippen molar-refractivity contribution in [3.63, 3.8) is 0 Å². The Morgan fingerprint density at radius 2 is 1.82 bits per heavy atom. The van der Waals surface area contributed by atoms with E-state index in [0.29, 0.717) is 22.7 Å². The zero-order chi connectivity index (χ0) is 19.9. The highest BCUT2D eigenvalue weighted by molar-refractivity contribution is 5.97. The highest BCUT2D eigenvalue weighted by atomic mass is 19.1. The maximum absolute atomic E-state index is 12.9. The first-order valence-corrected chi connectivity index (χ1v) is 8.47. The number of benzene rings is 2. The molecule has 0 bridgehead atoms. The summed E-state index contributed by atoms with van der Waals surface area (Å²) in [7, 11) is 1.54. The molecule has 0 N–H and O–H groups in total. The lowest BCUT2D eigenvalue weighted by molar-refractivity contribution is -0.145. The van der Waals surface area contributed by atoms with Gasteiger partial charge in [0.05, 0.1) is 19.1 Å². The number of carbonyl (C=O) groups excluding carboxylic acids is 2. The summed E-state index contributed by atoms with van der Waals surface area (Å²) in [6, 6.07) is 12.3. The van der Waals surface area contributed by atoms with Gasteiger partial charge in [-0.25, -0.2) is 4.39 Å². The number of esters is 1. The van der Waals surface area contributed by atoms with Crippen LogP contribution in [0.4, 0.5) is 4.39 Å². The molecular formula is C20H17FN2O5. The van der Waals surface area contributed by atoms with Crippen LogP contribution in [0.2, 0.25) is 0 Å². The van der Waals surface area contributed by atoms with E-state index in [0.717, 1.165) is 0 Å². The molecular weight excluding hydrogens is 367 g/mol. The molecule has 0 unspecified atom stereocenters. The molecule has 3 aromatic rings. The second-order valence-corrected chi connectivity index (χ2v) is 5.80. The third kappa shape index (κ3) is 4.79. The number of ether oxygens (including phenoxy) is 2. The third-order valence-corrected chi connectivity index (χ3v) is 3.89. The zero-order valence-electron chi connectivity index (χ0n) is 15.1. The van der Waals surface area contributed by atoms with E-state index in [1.807, 2.05) is 12.1 Å². The minimum Gasteiger partial charge on any atom is -0.496 e. The number of Topliss-reactive ketones (excluding diaryl/α,β-unsaturated/α-hetero) is 1. The van der Waals surface area contributed by atoms with Crippen LogP contribution < -0.4 is 4.74 Å². The van der Waals surface area contributed by atoms with Crippen LogP contribution in [-0.4, -0.2) is 29.0 Å². The fourth-order valence-corrected chi connectivity index (χ4v) is 2.46. The van der Waals surface area contributed by atoms with Gasteiger partial charge in [-0.15, -0.1) is 0 Å². The smallest absolute Gasteiger partial charge is 0.306 e. The Morgan fingerprint density at radius 3 is 2.57 bits per heavy atom. The monoisotopic (exact) mass is 384 g/mol. The molecule has 0 fully saturated rings. The quantitative estimate of drug-likeness (QED) is 0.433. The van der Waals surface area contributed by atoms with Gasteiger partial charge in [-0.3, -0.25) is 9.59 Å². The first-order chi connectivity index (χ1) is 13.6. The van der Waals surface area contributed by atoms with Crippen molar-refractivity contribution in [3.05, 3.63) is 65.8 Å². The summed E-state index contributed by atoms with van der Waals surface area (Å²) in [5.41, 5.74) is 0.990.